The second kappa shape index (κ2) is 5.66. The molecule has 0 unspecified atom stereocenters. The quantitative estimate of drug-likeness (QED) is 0.915. The van der Waals surface area contributed by atoms with E-state index in [0.717, 1.165) is 17.5 Å². The van der Waals surface area contributed by atoms with E-state index in [-0.39, 0.29) is 10.6 Å². The van der Waals surface area contributed by atoms with Crippen LogP contribution in [0.1, 0.15) is 16.8 Å². The van der Waals surface area contributed by atoms with Crippen LogP contribution in [0.5, 0.6) is 11.5 Å². The highest BCUT2D eigenvalue weighted by Crippen LogP contribution is 2.35. The molecule has 0 aliphatic carbocycles. The summed E-state index contributed by atoms with van der Waals surface area (Å²) in [6.45, 7) is 1.24. The zero-order valence-electron chi connectivity index (χ0n) is 11.1. The summed E-state index contributed by atoms with van der Waals surface area (Å²) in [6.07, 6.45) is 0.841. The molecule has 0 saturated heterocycles. The minimum Gasteiger partial charge on any atom is -0.490 e. The molecule has 1 aliphatic rings. The monoisotopic (exact) mass is 304 g/mol. The second-order valence-electron chi connectivity index (χ2n) is 4.71. The lowest BCUT2D eigenvalue weighted by Gasteiger charge is -2.10. The molecule has 108 valence electrons. The molecule has 0 saturated carbocycles. The van der Waals surface area contributed by atoms with Crippen molar-refractivity contribution in [1.29, 1.82) is 0 Å². The molecular formula is C16H13ClO4. The standard InChI is InChI=1S/C16H13ClO4/c17-13-4-2-10(8-12(13)16(18)19)11-3-5-14-15(9-11)21-7-1-6-20-14/h2-5,8-9H,1,6-7H2,(H,18,19). The van der Waals surface area contributed by atoms with Crippen LogP contribution in [0.25, 0.3) is 11.1 Å². The molecule has 0 bridgehead atoms. The largest absolute Gasteiger partial charge is 0.490 e. The maximum Gasteiger partial charge on any atom is 0.337 e. The van der Waals surface area contributed by atoms with Crippen LogP contribution in [0.2, 0.25) is 5.02 Å². The summed E-state index contributed by atoms with van der Waals surface area (Å²) < 4.78 is 11.2. The molecule has 2 aromatic rings. The molecule has 4 nitrogen and oxygen atoms in total. The van der Waals surface area contributed by atoms with Crippen LogP contribution in [0.15, 0.2) is 36.4 Å². The molecule has 2 aromatic carbocycles. The van der Waals surface area contributed by atoms with Gasteiger partial charge in [-0.25, -0.2) is 4.79 Å². The minimum absolute atomic E-state index is 0.0845. The third-order valence-corrected chi connectivity index (χ3v) is 3.61. The molecule has 0 radical (unpaired) electrons. The van der Waals surface area contributed by atoms with Crippen molar-refractivity contribution in [3.05, 3.63) is 47.0 Å². The number of benzene rings is 2. The van der Waals surface area contributed by atoms with Crippen LogP contribution in [-0.4, -0.2) is 24.3 Å². The van der Waals surface area contributed by atoms with Gasteiger partial charge in [0.1, 0.15) is 0 Å². The van der Waals surface area contributed by atoms with E-state index >= 15 is 0 Å². The van der Waals surface area contributed by atoms with Gasteiger partial charge in [0.25, 0.3) is 0 Å². The van der Waals surface area contributed by atoms with Crippen molar-refractivity contribution in [2.75, 3.05) is 13.2 Å². The van der Waals surface area contributed by atoms with E-state index in [0.29, 0.717) is 24.7 Å². The predicted molar refractivity (Wildman–Crippen MR) is 79.5 cm³/mol. The summed E-state index contributed by atoms with van der Waals surface area (Å²) in [4.78, 5) is 11.2. The lowest BCUT2D eigenvalue weighted by Crippen LogP contribution is -1.98. The Balaban J connectivity index is 2.03. The molecule has 0 aromatic heterocycles. The number of hydrogen-bond acceptors (Lipinski definition) is 3. The Morgan fingerprint density at radius 3 is 2.43 bits per heavy atom. The normalized spacial score (nSPS) is 13.6. The molecule has 0 fully saturated rings. The summed E-state index contributed by atoms with van der Waals surface area (Å²) in [7, 11) is 0. The van der Waals surface area contributed by atoms with Crippen molar-refractivity contribution < 1.29 is 19.4 Å². The maximum atomic E-state index is 11.2. The number of rotatable bonds is 2. The third kappa shape index (κ3) is 2.81. The number of carbonyl (C=O) groups is 1. The molecule has 0 atom stereocenters. The van der Waals surface area contributed by atoms with E-state index in [1.165, 1.54) is 0 Å². The lowest BCUT2D eigenvalue weighted by atomic mass is 10.0. The number of aromatic carboxylic acids is 1. The lowest BCUT2D eigenvalue weighted by molar-refractivity contribution is 0.0697. The number of carboxylic acids is 1. The Labute approximate surface area is 126 Å². The molecule has 1 heterocycles. The molecular weight excluding hydrogens is 292 g/mol. The van der Waals surface area contributed by atoms with Crippen LogP contribution >= 0.6 is 11.6 Å². The highest BCUT2D eigenvalue weighted by Gasteiger charge is 2.14. The summed E-state index contributed by atoms with van der Waals surface area (Å²) in [5, 5.41) is 9.36. The van der Waals surface area contributed by atoms with Crippen molar-refractivity contribution in [3.8, 4) is 22.6 Å². The average Bonchev–Trinajstić information content (AvgIpc) is 2.72. The zero-order chi connectivity index (χ0) is 14.8. The fraction of sp³-hybridized carbons (Fsp3) is 0.188. The van der Waals surface area contributed by atoms with Gasteiger partial charge in [0.15, 0.2) is 11.5 Å². The molecule has 21 heavy (non-hydrogen) atoms. The molecule has 3 rings (SSSR count). The minimum atomic E-state index is -1.05. The molecule has 0 spiro atoms. The van der Waals surface area contributed by atoms with Crippen LogP contribution in [0.3, 0.4) is 0 Å². The van der Waals surface area contributed by atoms with Crippen LogP contribution in [0, 0.1) is 0 Å². The Morgan fingerprint density at radius 2 is 1.67 bits per heavy atom. The first kappa shape index (κ1) is 13.8. The van der Waals surface area contributed by atoms with E-state index in [1.807, 2.05) is 18.2 Å². The number of carboxylic acid groups (broad SMARTS) is 1. The van der Waals surface area contributed by atoms with Gasteiger partial charge in [-0.3, -0.25) is 0 Å². The Hall–Kier alpha value is -2.20. The van der Waals surface area contributed by atoms with E-state index in [1.54, 1.807) is 18.2 Å². The first-order valence-electron chi connectivity index (χ1n) is 6.58. The van der Waals surface area contributed by atoms with Gasteiger partial charge in [-0.2, -0.15) is 0 Å². The van der Waals surface area contributed by atoms with E-state index < -0.39 is 5.97 Å². The third-order valence-electron chi connectivity index (χ3n) is 3.28. The van der Waals surface area contributed by atoms with Gasteiger partial charge in [0.05, 0.1) is 23.8 Å². The Bertz CT molecular complexity index is 697. The first-order chi connectivity index (χ1) is 10.1. The van der Waals surface area contributed by atoms with Gasteiger partial charge in [-0.15, -0.1) is 0 Å². The van der Waals surface area contributed by atoms with Crippen molar-refractivity contribution in [1.82, 2.24) is 0 Å². The molecule has 1 aliphatic heterocycles. The van der Waals surface area contributed by atoms with E-state index in [2.05, 4.69) is 0 Å². The SMILES string of the molecule is O=C(O)c1cc(-c2ccc3c(c2)OCCCO3)ccc1Cl. The Kier molecular flexibility index (Phi) is 3.71. The maximum absolute atomic E-state index is 11.2. The molecule has 5 heteroatoms. The van der Waals surface area contributed by atoms with Crippen LogP contribution in [0.4, 0.5) is 0 Å². The Morgan fingerprint density at radius 1 is 1.00 bits per heavy atom. The topological polar surface area (TPSA) is 55.8 Å². The fourth-order valence-corrected chi connectivity index (χ4v) is 2.41. The number of fused-ring (bicyclic) bond motifs is 1. The van der Waals surface area contributed by atoms with Crippen molar-refractivity contribution in [2.45, 2.75) is 6.42 Å². The van der Waals surface area contributed by atoms with Gasteiger partial charge in [-0.05, 0) is 35.4 Å². The highest BCUT2D eigenvalue weighted by atomic mass is 35.5. The molecule has 0 amide bonds. The average molecular weight is 305 g/mol. The van der Waals surface area contributed by atoms with Crippen molar-refractivity contribution >= 4 is 17.6 Å². The number of hydrogen-bond donors (Lipinski definition) is 1. The highest BCUT2D eigenvalue weighted by molar-refractivity contribution is 6.33. The van der Waals surface area contributed by atoms with Gasteiger partial charge >= 0.3 is 5.97 Å². The fourth-order valence-electron chi connectivity index (χ4n) is 2.21. The first-order valence-corrected chi connectivity index (χ1v) is 6.96. The number of ether oxygens (including phenoxy) is 2. The van der Waals surface area contributed by atoms with Gasteiger partial charge < -0.3 is 14.6 Å². The smallest absolute Gasteiger partial charge is 0.337 e. The summed E-state index contributed by atoms with van der Waals surface area (Å²) >= 11 is 5.89. The van der Waals surface area contributed by atoms with Gasteiger partial charge in [0, 0.05) is 6.42 Å². The zero-order valence-corrected chi connectivity index (χ0v) is 11.9. The van der Waals surface area contributed by atoms with Crippen molar-refractivity contribution in [3.63, 3.8) is 0 Å². The van der Waals surface area contributed by atoms with Crippen LogP contribution in [-0.2, 0) is 0 Å². The van der Waals surface area contributed by atoms with Crippen LogP contribution < -0.4 is 9.47 Å². The van der Waals surface area contributed by atoms with Gasteiger partial charge in [0.2, 0.25) is 0 Å². The summed E-state index contributed by atoms with van der Waals surface area (Å²) in [5.74, 6) is 0.344. The number of halogens is 1. The van der Waals surface area contributed by atoms with Gasteiger partial charge in [-0.1, -0.05) is 23.7 Å². The summed E-state index contributed by atoms with van der Waals surface area (Å²) in [5.41, 5.74) is 1.71. The predicted octanol–water partition coefficient (Wildman–Crippen LogP) is 3.87. The van der Waals surface area contributed by atoms with E-state index in [9.17, 15) is 4.79 Å². The van der Waals surface area contributed by atoms with Crippen molar-refractivity contribution in [2.24, 2.45) is 0 Å². The van der Waals surface area contributed by atoms with E-state index in [4.69, 9.17) is 26.2 Å². The molecule has 1 N–H and O–H groups in total. The summed E-state index contributed by atoms with van der Waals surface area (Å²) in [6, 6.07) is 10.5. The second-order valence-corrected chi connectivity index (χ2v) is 5.12.